The van der Waals surface area contributed by atoms with Crippen molar-refractivity contribution in [1.82, 2.24) is 0 Å². The molecule has 0 saturated carbocycles. The molecule has 8 heavy (non-hydrogen) atoms. The molecular formula is C4H9NaO2S. The summed E-state index contributed by atoms with van der Waals surface area (Å²) in [6.07, 6.45) is 0.704. The molecule has 0 aliphatic carbocycles. The van der Waals surface area contributed by atoms with E-state index in [1.54, 1.807) is 6.92 Å². The summed E-state index contributed by atoms with van der Waals surface area (Å²) in [5.41, 5.74) is 0. The van der Waals surface area contributed by atoms with E-state index in [1.807, 2.05) is 6.92 Å². The first kappa shape index (κ1) is 11.9. The summed E-state index contributed by atoms with van der Waals surface area (Å²) >= 11 is -1.86. The summed E-state index contributed by atoms with van der Waals surface area (Å²) in [6.45, 7) is 3.53. The Balaban J connectivity index is 0. The molecule has 4 heteroatoms. The third kappa shape index (κ3) is 5.25. The van der Waals surface area contributed by atoms with Gasteiger partial charge in [-0.2, -0.15) is 0 Å². The zero-order valence-electron chi connectivity index (χ0n) is 5.51. The molecule has 0 amide bonds. The van der Waals surface area contributed by atoms with Gasteiger partial charge in [-0.15, -0.1) is 0 Å². The van der Waals surface area contributed by atoms with Gasteiger partial charge in [-0.1, -0.05) is 24.9 Å². The molecule has 2 nitrogen and oxygen atoms in total. The van der Waals surface area contributed by atoms with E-state index in [1.165, 1.54) is 0 Å². The summed E-state index contributed by atoms with van der Waals surface area (Å²) in [7, 11) is 0. The average Bonchev–Trinajstić information content (AvgIpc) is 1.65. The van der Waals surface area contributed by atoms with Crippen LogP contribution in [0.3, 0.4) is 0 Å². The molecule has 0 N–H and O–H groups in total. The van der Waals surface area contributed by atoms with E-state index in [0.29, 0.717) is 6.42 Å². The zero-order valence-corrected chi connectivity index (χ0v) is 8.33. The quantitative estimate of drug-likeness (QED) is 0.322. The fourth-order valence-electron chi connectivity index (χ4n) is 0.136. The van der Waals surface area contributed by atoms with Gasteiger partial charge in [-0.25, -0.2) is 0 Å². The van der Waals surface area contributed by atoms with Crippen molar-refractivity contribution in [2.45, 2.75) is 25.5 Å². The zero-order chi connectivity index (χ0) is 5.86. The van der Waals surface area contributed by atoms with Gasteiger partial charge >= 0.3 is 29.6 Å². The van der Waals surface area contributed by atoms with Crippen LogP contribution in [-0.2, 0) is 11.1 Å². The molecule has 2 atom stereocenters. The van der Waals surface area contributed by atoms with E-state index in [9.17, 15) is 8.76 Å². The second-order valence-corrected chi connectivity index (χ2v) is 2.81. The molecule has 44 valence electrons. The smallest absolute Gasteiger partial charge is 0.772 e. The van der Waals surface area contributed by atoms with Crippen LogP contribution in [-0.4, -0.2) is 14.0 Å². The molecule has 0 aromatic carbocycles. The van der Waals surface area contributed by atoms with Crippen molar-refractivity contribution in [3.63, 3.8) is 0 Å². The molecule has 2 unspecified atom stereocenters. The molecule has 0 saturated heterocycles. The van der Waals surface area contributed by atoms with E-state index in [2.05, 4.69) is 0 Å². The first-order chi connectivity index (χ1) is 3.18. The largest absolute Gasteiger partial charge is 1.00 e. The van der Waals surface area contributed by atoms with Gasteiger partial charge in [0.25, 0.3) is 0 Å². The Hall–Kier alpha value is 1.11. The molecule has 0 rings (SSSR count). The van der Waals surface area contributed by atoms with E-state index in [-0.39, 0.29) is 34.8 Å². The van der Waals surface area contributed by atoms with Crippen LogP contribution in [0.25, 0.3) is 0 Å². The molecule has 0 spiro atoms. The Bertz CT molecular complexity index is 76.4. The Morgan fingerprint density at radius 1 is 1.75 bits per heavy atom. The van der Waals surface area contributed by atoms with Gasteiger partial charge in [0.1, 0.15) is 0 Å². The molecule has 0 aromatic rings. The molecule has 0 fully saturated rings. The van der Waals surface area contributed by atoms with Gasteiger partial charge in [0, 0.05) is 5.25 Å². The Morgan fingerprint density at radius 2 is 2.12 bits per heavy atom. The number of rotatable bonds is 2. The average molecular weight is 144 g/mol. The summed E-state index contributed by atoms with van der Waals surface area (Å²) in [6, 6.07) is 0. The molecule has 0 aliphatic heterocycles. The monoisotopic (exact) mass is 144 g/mol. The topological polar surface area (TPSA) is 40.1 Å². The predicted octanol–water partition coefficient (Wildman–Crippen LogP) is -2.33. The second-order valence-electron chi connectivity index (χ2n) is 1.48. The van der Waals surface area contributed by atoms with Gasteiger partial charge in [0.05, 0.1) is 0 Å². The second kappa shape index (κ2) is 6.23. The van der Waals surface area contributed by atoms with Gasteiger partial charge in [-0.05, 0) is 6.42 Å². The molecule has 0 heterocycles. The maximum atomic E-state index is 9.93. The minimum atomic E-state index is -1.86. The van der Waals surface area contributed by atoms with Crippen molar-refractivity contribution in [2.24, 2.45) is 0 Å². The molecule has 0 bridgehead atoms. The van der Waals surface area contributed by atoms with Crippen molar-refractivity contribution in [3.8, 4) is 0 Å². The van der Waals surface area contributed by atoms with Crippen LogP contribution in [0.1, 0.15) is 20.3 Å². The molecule has 0 aliphatic rings. The fraction of sp³-hybridized carbons (Fsp3) is 1.00. The van der Waals surface area contributed by atoms with Crippen molar-refractivity contribution in [1.29, 1.82) is 0 Å². The standard InChI is InChI=1S/C4H10O2S.Na/c1-3-4(2)7(5)6;/h4H,3H2,1-2H3,(H,5,6);/q;+1/p-1. The van der Waals surface area contributed by atoms with Gasteiger partial charge in [0.2, 0.25) is 0 Å². The maximum absolute atomic E-state index is 9.93. The molecular weight excluding hydrogens is 135 g/mol. The van der Waals surface area contributed by atoms with E-state index in [0.717, 1.165) is 0 Å². The van der Waals surface area contributed by atoms with Crippen molar-refractivity contribution >= 4 is 11.1 Å². The SMILES string of the molecule is CCC(C)S(=O)[O-].[Na+]. The van der Waals surface area contributed by atoms with E-state index < -0.39 is 11.1 Å². The number of hydrogen-bond donors (Lipinski definition) is 0. The van der Waals surface area contributed by atoms with Crippen LogP contribution in [0.15, 0.2) is 0 Å². The van der Waals surface area contributed by atoms with Crippen LogP contribution in [0.5, 0.6) is 0 Å². The Labute approximate surface area is 74.6 Å². The Morgan fingerprint density at radius 3 is 2.12 bits per heavy atom. The first-order valence-electron chi connectivity index (χ1n) is 2.26. The maximum Gasteiger partial charge on any atom is 1.00 e. The van der Waals surface area contributed by atoms with Crippen LogP contribution in [0, 0.1) is 0 Å². The van der Waals surface area contributed by atoms with Gasteiger partial charge < -0.3 is 4.55 Å². The van der Waals surface area contributed by atoms with Gasteiger partial charge in [0.15, 0.2) is 0 Å². The predicted molar refractivity (Wildman–Crippen MR) is 28.7 cm³/mol. The van der Waals surface area contributed by atoms with Crippen LogP contribution < -0.4 is 29.6 Å². The third-order valence-corrected chi connectivity index (χ3v) is 1.89. The van der Waals surface area contributed by atoms with Crippen LogP contribution >= 0.6 is 0 Å². The van der Waals surface area contributed by atoms with Crippen molar-refractivity contribution in [2.75, 3.05) is 0 Å². The normalized spacial score (nSPS) is 16.4. The molecule has 0 radical (unpaired) electrons. The van der Waals surface area contributed by atoms with Gasteiger partial charge in [-0.3, -0.25) is 4.21 Å². The summed E-state index contributed by atoms with van der Waals surface area (Å²) in [5.74, 6) is 0. The Kier molecular flexibility index (Phi) is 9.24. The summed E-state index contributed by atoms with van der Waals surface area (Å²) in [5, 5.41) is -0.181. The minimum absolute atomic E-state index is 0. The summed E-state index contributed by atoms with van der Waals surface area (Å²) in [4.78, 5) is 0. The minimum Gasteiger partial charge on any atom is -0.772 e. The van der Waals surface area contributed by atoms with E-state index >= 15 is 0 Å². The van der Waals surface area contributed by atoms with Crippen LogP contribution in [0.2, 0.25) is 0 Å². The van der Waals surface area contributed by atoms with Crippen LogP contribution in [0.4, 0.5) is 0 Å². The van der Waals surface area contributed by atoms with Crippen molar-refractivity contribution in [3.05, 3.63) is 0 Å². The first-order valence-corrected chi connectivity index (χ1v) is 3.40. The number of hydrogen-bond acceptors (Lipinski definition) is 2. The summed E-state index contributed by atoms with van der Waals surface area (Å²) < 4.78 is 19.9. The third-order valence-electron chi connectivity index (χ3n) is 0.903. The fourth-order valence-corrected chi connectivity index (χ4v) is 0.408. The van der Waals surface area contributed by atoms with E-state index in [4.69, 9.17) is 0 Å². The molecule has 0 aromatic heterocycles. The van der Waals surface area contributed by atoms with Crippen molar-refractivity contribution < 1.29 is 38.3 Å².